The highest BCUT2D eigenvalue weighted by Crippen LogP contribution is 2.24. The van der Waals surface area contributed by atoms with Crippen molar-refractivity contribution in [2.45, 2.75) is 38.1 Å². The molecule has 0 aliphatic carbocycles. The number of nitrogens with zero attached hydrogens (tertiary/aromatic N) is 2. The number of guanidine groups is 1. The van der Waals surface area contributed by atoms with Crippen molar-refractivity contribution in [3.63, 3.8) is 0 Å². The van der Waals surface area contributed by atoms with Gasteiger partial charge in [-0.3, -0.25) is 4.99 Å². The van der Waals surface area contributed by atoms with E-state index in [1.807, 2.05) is 24.3 Å². The molecule has 0 spiro atoms. The van der Waals surface area contributed by atoms with Crippen LogP contribution in [0.15, 0.2) is 53.5 Å². The van der Waals surface area contributed by atoms with Gasteiger partial charge in [-0.05, 0) is 48.6 Å². The van der Waals surface area contributed by atoms with Gasteiger partial charge in [0.25, 0.3) is 0 Å². The largest absolute Gasteiger partial charge is 0.372 e. The average molecular weight is 429 g/mol. The van der Waals surface area contributed by atoms with Crippen LogP contribution in [0.1, 0.15) is 42.5 Å². The van der Waals surface area contributed by atoms with Crippen molar-refractivity contribution in [1.29, 1.82) is 0 Å². The zero-order chi connectivity index (χ0) is 21.6. The Morgan fingerprint density at radius 1 is 1.10 bits per heavy atom. The number of nitrogens with one attached hydrogen (secondary N) is 2. The van der Waals surface area contributed by atoms with E-state index in [0.717, 1.165) is 30.2 Å². The molecule has 1 saturated heterocycles. The van der Waals surface area contributed by atoms with Crippen molar-refractivity contribution >= 4 is 21.5 Å². The Hall–Kier alpha value is -2.54. The molecule has 1 fully saturated rings. The van der Waals surface area contributed by atoms with E-state index < -0.39 is 9.84 Å². The van der Waals surface area contributed by atoms with E-state index in [-0.39, 0.29) is 11.8 Å². The predicted molar refractivity (Wildman–Crippen MR) is 125 cm³/mol. The summed E-state index contributed by atoms with van der Waals surface area (Å²) < 4.78 is 22.8. The van der Waals surface area contributed by atoms with Crippen LogP contribution in [-0.2, 0) is 22.1 Å². The van der Waals surface area contributed by atoms with Crippen molar-refractivity contribution in [1.82, 2.24) is 10.6 Å². The molecule has 1 unspecified atom stereocenters. The first-order chi connectivity index (χ1) is 14.3. The van der Waals surface area contributed by atoms with Gasteiger partial charge in [-0.1, -0.05) is 36.4 Å². The first-order valence-electron chi connectivity index (χ1n) is 10.4. The van der Waals surface area contributed by atoms with Crippen molar-refractivity contribution in [2.24, 2.45) is 4.99 Å². The van der Waals surface area contributed by atoms with E-state index in [2.05, 4.69) is 51.7 Å². The SMILES string of the molecule is CN=C(NCc1ccc(CS(C)(=O)=O)cc1)NC(C)c1cccc(N2CCCC2)c1. The highest BCUT2D eigenvalue weighted by molar-refractivity contribution is 7.89. The summed E-state index contributed by atoms with van der Waals surface area (Å²) in [7, 11) is -1.25. The van der Waals surface area contributed by atoms with Crippen LogP contribution in [0.4, 0.5) is 5.69 Å². The molecule has 2 aromatic carbocycles. The Kier molecular flexibility index (Phi) is 7.37. The van der Waals surface area contributed by atoms with Gasteiger partial charge in [0.05, 0.1) is 11.8 Å². The third-order valence-electron chi connectivity index (χ3n) is 5.33. The minimum atomic E-state index is -3.02. The fourth-order valence-electron chi connectivity index (χ4n) is 3.69. The van der Waals surface area contributed by atoms with E-state index in [4.69, 9.17) is 0 Å². The Morgan fingerprint density at radius 3 is 2.40 bits per heavy atom. The molecule has 0 amide bonds. The quantitative estimate of drug-likeness (QED) is 0.523. The monoisotopic (exact) mass is 428 g/mol. The summed E-state index contributed by atoms with van der Waals surface area (Å²) >= 11 is 0. The molecule has 1 heterocycles. The molecule has 6 nitrogen and oxygen atoms in total. The maximum atomic E-state index is 11.4. The van der Waals surface area contributed by atoms with Gasteiger partial charge >= 0.3 is 0 Å². The van der Waals surface area contributed by atoms with Gasteiger partial charge in [-0.25, -0.2) is 8.42 Å². The van der Waals surface area contributed by atoms with Gasteiger partial charge < -0.3 is 15.5 Å². The molecular formula is C23H32N4O2S. The van der Waals surface area contributed by atoms with E-state index in [1.165, 1.54) is 30.3 Å². The Labute approximate surface area is 180 Å². The summed E-state index contributed by atoms with van der Waals surface area (Å²) in [5.41, 5.74) is 4.39. The average Bonchev–Trinajstić information content (AvgIpc) is 3.26. The molecule has 162 valence electrons. The third kappa shape index (κ3) is 6.49. The number of hydrogen-bond acceptors (Lipinski definition) is 4. The summed E-state index contributed by atoms with van der Waals surface area (Å²) in [5.74, 6) is 0.798. The van der Waals surface area contributed by atoms with E-state index >= 15 is 0 Å². The second-order valence-electron chi connectivity index (χ2n) is 7.97. The highest BCUT2D eigenvalue weighted by Gasteiger charge is 2.14. The lowest BCUT2D eigenvalue weighted by atomic mass is 10.1. The summed E-state index contributed by atoms with van der Waals surface area (Å²) in [6, 6.07) is 16.4. The molecule has 3 rings (SSSR count). The lowest BCUT2D eigenvalue weighted by molar-refractivity contribution is 0.601. The van der Waals surface area contributed by atoms with E-state index in [0.29, 0.717) is 6.54 Å². The normalized spacial score (nSPS) is 15.8. The number of benzene rings is 2. The molecule has 0 saturated carbocycles. The highest BCUT2D eigenvalue weighted by atomic mass is 32.2. The number of aliphatic imine (C=N–C) groups is 1. The molecule has 2 N–H and O–H groups in total. The Morgan fingerprint density at radius 2 is 1.77 bits per heavy atom. The van der Waals surface area contributed by atoms with Gasteiger partial charge in [-0.15, -0.1) is 0 Å². The molecular weight excluding hydrogens is 396 g/mol. The maximum absolute atomic E-state index is 11.4. The Balaban J connectivity index is 1.56. The fraction of sp³-hybridized carbons (Fsp3) is 0.435. The van der Waals surface area contributed by atoms with Crippen LogP contribution in [0.25, 0.3) is 0 Å². The molecule has 1 aliphatic rings. The molecule has 0 aromatic heterocycles. The van der Waals surface area contributed by atoms with Crippen LogP contribution in [-0.4, -0.2) is 40.8 Å². The lowest BCUT2D eigenvalue weighted by Crippen LogP contribution is -2.38. The number of hydrogen-bond donors (Lipinski definition) is 2. The molecule has 2 aromatic rings. The number of rotatable bonds is 7. The van der Waals surface area contributed by atoms with E-state index in [1.54, 1.807) is 7.05 Å². The molecule has 30 heavy (non-hydrogen) atoms. The van der Waals surface area contributed by atoms with Crippen molar-refractivity contribution in [2.75, 3.05) is 31.3 Å². The summed E-state index contributed by atoms with van der Waals surface area (Å²) in [6.07, 6.45) is 3.79. The van der Waals surface area contributed by atoms with Crippen LogP contribution >= 0.6 is 0 Å². The lowest BCUT2D eigenvalue weighted by Gasteiger charge is -2.22. The van der Waals surface area contributed by atoms with Crippen LogP contribution < -0.4 is 15.5 Å². The minimum Gasteiger partial charge on any atom is -0.372 e. The van der Waals surface area contributed by atoms with Crippen LogP contribution in [0.3, 0.4) is 0 Å². The predicted octanol–water partition coefficient (Wildman–Crippen LogP) is 3.26. The maximum Gasteiger partial charge on any atom is 0.191 e. The van der Waals surface area contributed by atoms with Crippen LogP contribution in [0, 0.1) is 0 Å². The van der Waals surface area contributed by atoms with E-state index in [9.17, 15) is 8.42 Å². The molecule has 1 atom stereocenters. The van der Waals surface area contributed by atoms with Crippen molar-refractivity contribution in [3.8, 4) is 0 Å². The fourth-order valence-corrected chi connectivity index (χ4v) is 4.49. The topological polar surface area (TPSA) is 73.8 Å². The summed E-state index contributed by atoms with van der Waals surface area (Å²) in [5, 5.41) is 6.79. The zero-order valence-corrected chi connectivity index (χ0v) is 18.9. The second kappa shape index (κ2) is 9.98. The number of sulfone groups is 1. The molecule has 0 radical (unpaired) electrons. The van der Waals surface area contributed by atoms with Crippen LogP contribution in [0.5, 0.6) is 0 Å². The summed E-state index contributed by atoms with van der Waals surface area (Å²) in [6.45, 7) is 5.02. The van der Waals surface area contributed by atoms with Crippen molar-refractivity contribution < 1.29 is 8.42 Å². The van der Waals surface area contributed by atoms with Gasteiger partial charge in [0.2, 0.25) is 0 Å². The molecule has 7 heteroatoms. The zero-order valence-electron chi connectivity index (χ0n) is 18.1. The van der Waals surface area contributed by atoms with Gasteiger partial charge in [0.1, 0.15) is 0 Å². The molecule has 0 bridgehead atoms. The first-order valence-corrected chi connectivity index (χ1v) is 12.5. The molecule has 1 aliphatic heterocycles. The number of anilines is 1. The smallest absolute Gasteiger partial charge is 0.191 e. The summed E-state index contributed by atoms with van der Waals surface area (Å²) in [4.78, 5) is 6.78. The minimum absolute atomic E-state index is 0.0674. The second-order valence-corrected chi connectivity index (χ2v) is 10.1. The van der Waals surface area contributed by atoms with Gasteiger partial charge in [0.15, 0.2) is 15.8 Å². The standard InChI is InChI=1S/C23H32N4O2S/c1-18(21-7-6-8-22(15-21)27-13-4-5-14-27)26-23(24-2)25-16-19-9-11-20(12-10-19)17-30(3,28)29/h6-12,15,18H,4-5,13-14,16-17H2,1-3H3,(H2,24,25,26). The Bertz CT molecular complexity index is 965. The van der Waals surface area contributed by atoms with Gasteiger partial charge in [0, 0.05) is 38.6 Å². The van der Waals surface area contributed by atoms with Crippen molar-refractivity contribution in [3.05, 3.63) is 65.2 Å². The van der Waals surface area contributed by atoms with Gasteiger partial charge in [-0.2, -0.15) is 0 Å². The first kappa shape index (κ1) is 22.2. The third-order valence-corrected chi connectivity index (χ3v) is 6.19. The van der Waals surface area contributed by atoms with Crippen LogP contribution in [0.2, 0.25) is 0 Å².